The molecule has 194 valence electrons. The van der Waals surface area contributed by atoms with Gasteiger partial charge in [-0.05, 0) is 0 Å². The molecule has 0 bridgehead atoms. The van der Waals surface area contributed by atoms with E-state index in [0.717, 1.165) is 16.7 Å². The van der Waals surface area contributed by atoms with Crippen molar-refractivity contribution in [2.24, 2.45) is 0 Å². The number of benzene rings is 3. The number of methoxy groups -OCH3 is 2. The summed E-state index contributed by atoms with van der Waals surface area (Å²) in [5.74, 6) is 1.86. The van der Waals surface area contributed by atoms with Crippen LogP contribution in [0.15, 0.2) is 72.8 Å². The van der Waals surface area contributed by atoms with Crippen molar-refractivity contribution in [3.8, 4) is 17.2 Å². The van der Waals surface area contributed by atoms with Crippen LogP contribution in [0, 0.1) is 33.3 Å². The number of hydrogen-bond donors (Lipinski definition) is 0. The summed E-state index contributed by atoms with van der Waals surface area (Å²) in [6.45, 7) is 23.4. The van der Waals surface area contributed by atoms with Gasteiger partial charge in [-0.3, -0.25) is 0 Å². The molecule has 10 heteroatoms. The van der Waals surface area contributed by atoms with Crippen LogP contribution in [0.25, 0.3) is 0 Å². The fourth-order valence-corrected chi connectivity index (χ4v) is 2.93. The van der Waals surface area contributed by atoms with Crippen LogP contribution in [0.1, 0.15) is 16.7 Å². The molecule has 0 saturated heterocycles. The quantitative estimate of drug-likeness (QED) is 0.287. The zero-order valence-corrected chi connectivity index (χ0v) is 21.7. The Morgan fingerprint density at radius 2 is 1.08 bits per heavy atom. The predicted molar refractivity (Wildman–Crippen MR) is 125 cm³/mol. The van der Waals surface area contributed by atoms with Gasteiger partial charge in [0.15, 0.2) is 0 Å². The second kappa shape index (κ2) is 27.7. The molecule has 0 aliphatic rings. The van der Waals surface area contributed by atoms with E-state index in [-0.39, 0.29) is 0 Å². The van der Waals surface area contributed by atoms with Crippen molar-refractivity contribution in [1.29, 1.82) is 0 Å². The van der Waals surface area contributed by atoms with Gasteiger partial charge in [0.25, 0.3) is 0 Å². The Morgan fingerprint density at radius 3 is 1.47 bits per heavy atom. The first-order chi connectivity index (χ1) is 18.7. The molecule has 3 aromatic rings. The Balaban J connectivity index is -0.00000110. The van der Waals surface area contributed by atoms with Crippen LogP contribution < -0.4 is 14.2 Å². The first kappa shape index (κ1) is 38.6. The summed E-state index contributed by atoms with van der Waals surface area (Å²) in [7, 11) is 3.22. The van der Waals surface area contributed by atoms with Crippen molar-refractivity contribution in [1.82, 2.24) is 0 Å². The van der Waals surface area contributed by atoms with Crippen LogP contribution >= 0.6 is 0 Å². The summed E-state index contributed by atoms with van der Waals surface area (Å²) in [6, 6.07) is 23.7. The van der Waals surface area contributed by atoms with Crippen molar-refractivity contribution in [2.75, 3.05) is 14.2 Å². The van der Waals surface area contributed by atoms with Crippen molar-refractivity contribution >= 4 is 4.57 Å². The summed E-state index contributed by atoms with van der Waals surface area (Å²) in [5, 5.41) is 0. The SMILES string of the molecule is CO[C](=[Cr])c1cc(OCc2ccccc2)cc(OC)c1OCc1ccccc1.[C-]#[O+].[C-]#[O+].[C-]#[O+].[C-]#[O+].[C-]#[O+]. The number of hydrogen-bond acceptors (Lipinski definition) is 4. The van der Waals surface area contributed by atoms with E-state index < -0.39 is 0 Å². The topological polar surface area (TPSA) is 136 Å². The molecule has 0 aliphatic heterocycles. The summed E-state index contributed by atoms with van der Waals surface area (Å²) in [5.41, 5.74) is 2.91. The van der Waals surface area contributed by atoms with Gasteiger partial charge < -0.3 is 0 Å². The molecule has 3 aromatic carbocycles. The van der Waals surface area contributed by atoms with Crippen LogP contribution in [-0.4, -0.2) is 18.8 Å². The average Bonchev–Trinajstić information content (AvgIpc) is 3.04. The molecule has 0 fully saturated rings. The molecule has 0 N–H and O–H groups in total. The molecule has 0 amide bonds. The van der Waals surface area contributed by atoms with E-state index in [1.807, 2.05) is 72.8 Å². The Kier molecular flexibility index (Phi) is 28.2. The Morgan fingerprint density at radius 1 is 0.658 bits per heavy atom. The Hall–Kier alpha value is -3.88. The normalized spacial score (nSPS) is 7.89. The van der Waals surface area contributed by atoms with Gasteiger partial charge in [-0.15, -0.1) is 0 Å². The van der Waals surface area contributed by atoms with Gasteiger partial charge in [0.2, 0.25) is 0 Å². The molecule has 38 heavy (non-hydrogen) atoms. The van der Waals surface area contributed by atoms with Gasteiger partial charge in [-0.1, -0.05) is 0 Å². The second-order valence-electron chi connectivity index (χ2n) is 6.04. The monoisotopic (exact) mass is 554 g/mol. The summed E-state index contributed by atoms with van der Waals surface area (Å²) in [4.78, 5) is 0. The second-order valence-corrected chi connectivity index (χ2v) is 6.62. The molecule has 0 spiro atoms. The predicted octanol–water partition coefficient (Wildman–Crippen LogP) is 4.34. The molecule has 0 radical (unpaired) electrons. The molecular formula is C28H22CrO9. The number of rotatable bonds is 9. The maximum absolute atomic E-state index is 7.50. The van der Waals surface area contributed by atoms with Crippen LogP contribution in [-0.2, 0) is 57.1 Å². The zero-order valence-electron chi connectivity index (χ0n) is 20.4. The van der Waals surface area contributed by atoms with Crippen molar-refractivity contribution in [2.45, 2.75) is 13.2 Å². The van der Waals surface area contributed by atoms with Crippen molar-refractivity contribution in [3.63, 3.8) is 0 Å². The van der Waals surface area contributed by atoms with E-state index >= 15 is 0 Å². The third-order valence-electron chi connectivity index (χ3n) is 4.13. The molecule has 0 atom stereocenters. The van der Waals surface area contributed by atoms with Gasteiger partial charge in [-0.25, -0.2) is 0 Å². The maximum atomic E-state index is 7.50. The molecule has 0 heterocycles. The van der Waals surface area contributed by atoms with Crippen LogP contribution in [0.4, 0.5) is 0 Å². The van der Waals surface area contributed by atoms with Crippen LogP contribution in [0.2, 0.25) is 0 Å². The van der Waals surface area contributed by atoms with Gasteiger partial charge in [0.1, 0.15) is 0 Å². The standard InChI is InChI=1S/C23H22O4.5CO.Cr/c1-24-17-20-13-21(26-15-18-9-5-3-6-10-18)14-22(25-2)23(20)27-16-19-11-7-4-8-12-19;5*1-2;/h3-14H,15-16H2,1-2H3;;;;;;. The first-order valence-electron chi connectivity index (χ1n) is 9.87. The minimum absolute atomic E-state index is 0.422. The first-order valence-corrected chi connectivity index (χ1v) is 10.5. The van der Waals surface area contributed by atoms with Gasteiger partial charge in [-0.2, -0.15) is 0 Å². The third kappa shape index (κ3) is 14.6. The molecular weight excluding hydrogens is 532 g/mol. The van der Waals surface area contributed by atoms with E-state index in [4.69, 9.17) is 42.2 Å². The molecule has 9 nitrogen and oxygen atoms in total. The van der Waals surface area contributed by atoms with Crippen LogP contribution in [0.5, 0.6) is 17.2 Å². The van der Waals surface area contributed by atoms with E-state index in [9.17, 15) is 0 Å². The molecule has 0 aromatic heterocycles. The van der Waals surface area contributed by atoms with E-state index in [2.05, 4.69) is 49.1 Å². The Bertz CT molecular complexity index is 1100. The molecule has 0 aliphatic carbocycles. The van der Waals surface area contributed by atoms with E-state index in [0.29, 0.717) is 35.0 Å². The molecule has 0 saturated carbocycles. The van der Waals surface area contributed by atoms with Gasteiger partial charge in [0, 0.05) is 0 Å². The Labute approximate surface area is 229 Å². The van der Waals surface area contributed by atoms with E-state index in [1.54, 1.807) is 14.2 Å². The van der Waals surface area contributed by atoms with E-state index in [1.165, 1.54) is 0 Å². The third-order valence-corrected chi connectivity index (χ3v) is 4.73. The summed E-state index contributed by atoms with van der Waals surface area (Å²) < 4.78 is 61.1. The fourth-order valence-electron chi connectivity index (χ4n) is 2.69. The minimum atomic E-state index is 0.422. The van der Waals surface area contributed by atoms with Gasteiger partial charge in [0.05, 0.1) is 0 Å². The molecule has 3 rings (SSSR count). The van der Waals surface area contributed by atoms with Crippen molar-refractivity contribution in [3.05, 3.63) is 123 Å². The fraction of sp³-hybridized carbons (Fsp3) is 0.143. The van der Waals surface area contributed by atoms with Crippen LogP contribution in [0.3, 0.4) is 0 Å². The zero-order chi connectivity index (χ0) is 29.8. The average molecular weight is 554 g/mol. The molecule has 0 unspecified atom stereocenters. The summed E-state index contributed by atoms with van der Waals surface area (Å²) in [6.07, 6.45) is 0. The van der Waals surface area contributed by atoms with Gasteiger partial charge >= 0.3 is 230 Å². The number of ether oxygens (including phenoxy) is 4. The summed E-state index contributed by atoms with van der Waals surface area (Å²) >= 11 is 2.94. The van der Waals surface area contributed by atoms with Crippen molar-refractivity contribution < 1.29 is 58.1 Å².